The third-order valence-corrected chi connectivity index (χ3v) is 6.52. The largest absolute Gasteiger partial charge is 0.497 e. The number of methoxy groups -OCH3 is 1. The molecule has 0 spiro atoms. The molecule has 8 nitrogen and oxygen atoms in total. The standard InChI is InChI=1S/C29H31N3O5/c1-19-5-4-6-26(20(19)2)31-27(33)18-37-25-13-9-23(10-14-25)32-17-22(15-28(32)34)29(35)30-16-21-7-11-24(36-3)12-8-21/h4-14,22H,15-18H2,1-3H3,(H,30,35)(H,31,33)/t22-/m0/s1. The van der Waals surface area contributed by atoms with E-state index in [2.05, 4.69) is 10.6 Å². The Bertz CT molecular complexity index is 1270. The summed E-state index contributed by atoms with van der Waals surface area (Å²) in [6, 6.07) is 20.1. The van der Waals surface area contributed by atoms with E-state index >= 15 is 0 Å². The zero-order valence-corrected chi connectivity index (χ0v) is 21.2. The van der Waals surface area contributed by atoms with Crippen LogP contribution in [0.3, 0.4) is 0 Å². The molecule has 1 aliphatic heterocycles. The molecule has 37 heavy (non-hydrogen) atoms. The Kier molecular flexibility index (Phi) is 8.08. The Balaban J connectivity index is 1.26. The Labute approximate surface area is 216 Å². The maximum Gasteiger partial charge on any atom is 0.262 e. The van der Waals surface area contributed by atoms with Gasteiger partial charge < -0.3 is 25.0 Å². The van der Waals surface area contributed by atoms with Gasteiger partial charge in [-0.25, -0.2) is 0 Å². The minimum absolute atomic E-state index is 0.105. The summed E-state index contributed by atoms with van der Waals surface area (Å²) < 4.78 is 10.8. The molecular weight excluding hydrogens is 470 g/mol. The topological polar surface area (TPSA) is 97.0 Å². The molecule has 1 saturated heterocycles. The highest BCUT2D eigenvalue weighted by atomic mass is 16.5. The first kappa shape index (κ1) is 25.8. The molecule has 0 saturated carbocycles. The molecule has 1 heterocycles. The van der Waals surface area contributed by atoms with E-state index in [9.17, 15) is 14.4 Å². The molecule has 2 N–H and O–H groups in total. The molecule has 0 bridgehead atoms. The van der Waals surface area contributed by atoms with Gasteiger partial charge in [0.05, 0.1) is 13.0 Å². The second kappa shape index (κ2) is 11.6. The van der Waals surface area contributed by atoms with Crippen LogP contribution < -0.4 is 25.0 Å². The second-order valence-corrected chi connectivity index (χ2v) is 9.05. The molecule has 1 aliphatic rings. The number of ether oxygens (including phenoxy) is 2. The van der Waals surface area contributed by atoms with Crippen molar-refractivity contribution in [2.24, 2.45) is 5.92 Å². The smallest absolute Gasteiger partial charge is 0.262 e. The highest BCUT2D eigenvalue weighted by Crippen LogP contribution is 2.27. The van der Waals surface area contributed by atoms with E-state index in [0.29, 0.717) is 24.5 Å². The molecule has 3 aromatic carbocycles. The summed E-state index contributed by atoms with van der Waals surface area (Å²) in [5, 5.41) is 5.78. The van der Waals surface area contributed by atoms with Crippen LogP contribution in [0.1, 0.15) is 23.1 Å². The lowest BCUT2D eigenvalue weighted by Crippen LogP contribution is -2.32. The predicted molar refractivity (Wildman–Crippen MR) is 142 cm³/mol. The third kappa shape index (κ3) is 6.46. The quantitative estimate of drug-likeness (QED) is 0.462. The Morgan fingerprint density at radius 1 is 0.973 bits per heavy atom. The van der Waals surface area contributed by atoms with Crippen LogP contribution in [0.25, 0.3) is 0 Å². The van der Waals surface area contributed by atoms with Gasteiger partial charge in [0.25, 0.3) is 5.91 Å². The molecule has 1 fully saturated rings. The third-order valence-electron chi connectivity index (χ3n) is 6.52. The molecule has 3 aromatic rings. The van der Waals surface area contributed by atoms with Gasteiger partial charge in [0.2, 0.25) is 11.8 Å². The predicted octanol–water partition coefficient (Wildman–Crippen LogP) is 4.00. The van der Waals surface area contributed by atoms with Gasteiger partial charge in [-0.05, 0) is 73.0 Å². The summed E-state index contributed by atoms with van der Waals surface area (Å²) in [7, 11) is 1.60. The first-order chi connectivity index (χ1) is 17.8. The van der Waals surface area contributed by atoms with Crippen molar-refractivity contribution in [2.75, 3.05) is 30.5 Å². The molecule has 0 aliphatic carbocycles. The number of anilines is 2. The fourth-order valence-corrected chi connectivity index (χ4v) is 4.15. The van der Waals surface area contributed by atoms with E-state index in [0.717, 1.165) is 28.1 Å². The van der Waals surface area contributed by atoms with Crippen LogP contribution in [0.2, 0.25) is 0 Å². The fourth-order valence-electron chi connectivity index (χ4n) is 4.15. The zero-order chi connectivity index (χ0) is 26.4. The number of amides is 3. The van der Waals surface area contributed by atoms with Crippen molar-refractivity contribution in [1.29, 1.82) is 0 Å². The van der Waals surface area contributed by atoms with Gasteiger partial charge in [-0.1, -0.05) is 24.3 Å². The van der Waals surface area contributed by atoms with Crippen LogP contribution in [0.5, 0.6) is 11.5 Å². The number of benzene rings is 3. The van der Waals surface area contributed by atoms with Gasteiger partial charge in [-0.3, -0.25) is 14.4 Å². The van der Waals surface area contributed by atoms with Crippen molar-refractivity contribution in [3.05, 3.63) is 83.4 Å². The van der Waals surface area contributed by atoms with Crippen LogP contribution in [0, 0.1) is 19.8 Å². The van der Waals surface area contributed by atoms with Crippen molar-refractivity contribution >= 4 is 29.1 Å². The van der Waals surface area contributed by atoms with Gasteiger partial charge in [-0.2, -0.15) is 0 Å². The summed E-state index contributed by atoms with van der Waals surface area (Å²) in [5.41, 5.74) is 4.52. The summed E-state index contributed by atoms with van der Waals surface area (Å²) in [6.45, 7) is 4.51. The normalized spacial score (nSPS) is 14.8. The SMILES string of the molecule is COc1ccc(CNC(=O)[C@H]2CC(=O)N(c3ccc(OCC(=O)Nc4cccc(C)c4C)cc3)C2)cc1. The van der Waals surface area contributed by atoms with Gasteiger partial charge in [0.1, 0.15) is 11.5 Å². The Morgan fingerprint density at radius 2 is 1.68 bits per heavy atom. The van der Waals surface area contributed by atoms with Crippen LogP contribution in [0.15, 0.2) is 66.7 Å². The lowest BCUT2D eigenvalue weighted by molar-refractivity contribution is -0.126. The molecule has 4 rings (SSSR count). The van der Waals surface area contributed by atoms with E-state index in [1.165, 1.54) is 0 Å². The highest BCUT2D eigenvalue weighted by molar-refractivity contribution is 6.00. The van der Waals surface area contributed by atoms with E-state index in [4.69, 9.17) is 9.47 Å². The fraction of sp³-hybridized carbons (Fsp3) is 0.276. The minimum atomic E-state index is -0.421. The van der Waals surface area contributed by atoms with Crippen LogP contribution in [-0.2, 0) is 20.9 Å². The average Bonchev–Trinajstić information content (AvgIpc) is 3.31. The van der Waals surface area contributed by atoms with Crippen molar-refractivity contribution in [2.45, 2.75) is 26.8 Å². The minimum Gasteiger partial charge on any atom is -0.497 e. The van der Waals surface area contributed by atoms with Gasteiger partial charge >= 0.3 is 0 Å². The number of hydrogen-bond donors (Lipinski definition) is 2. The molecule has 192 valence electrons. The number of nitrogens with zero attached hydrogens (tertiary/aromatic N) is 1. The van der Waals surface area contributed by atoms with Gasteiger partial charge in [0, 0.05) is 30.9 Å². The zero-order valence-electron chi connectivity index (χ0n) is 21.2. The Hall–Kier alpha value is -4.33. The molecule has 8 heteroatoms. The van der Waals surface area contributed by atoms with Crippen molar-refractivity contribution in [3.8, 4) is 11.5 Å². The van der Waals surface area contributed by atoms with E-state index < -0.39 is 5.92 Å². The molecule has 0 aromatic heterocycles. The summed E-state index contributed by atoms with van der Waals surface area (Å²) in [5.74, 6) is 0.337. The number of hydrogen-bond acceptors (Lipinski definition) is 5. The second-order valence-electron chi connectivity index (χ2n) is 9.05. The molecule has 3 amide bonds. The Morgan fingerprint density at radius 3 is 2.38 bits per heavy atom. The van der Waals surface area contributed by atoms with Crippen molar-refractivity contribution in [3.63, 3.8) is 0 Å². The number of nitrogens with one attached hydrogen (secondary N) is 2. The molecule has 0 unspecified atom stereocenters. The maximum atomic E-state index is 12.7. The number of carbonyl (C=O) groups excluding carboxylic acids is 3. The lowest BCUT2D eigenvalue weighted by atomic mass is 10.1. The lowest BCUT2D eigenvalue weighted by Gasteiger charge is -2.17. The molecule has 0 radical (unpaired) electrons. The summed E-state index contributed by atoms with van der Waals surface area (Å²) in [6.07, 6.45) is 0.158. The first-order valence-electron chi connectivity index (χ1n) is 12.1. The van der Waals surface area contributed by atoms with Crippen molar-refractivity contribution in [1.82, 2.24) is 5.32 Å². The van der Waals surface area contributed by atoms with Gasteiger partial charge in [0.15, 0.2) is 6.61 Å². The van der Waals surface area contributed by atoms with Gasteiger partial charge in [-0.15, -0.1) is 0 Å². The van der Waals surface area contributed by atoms with Crippen LogP contribution in [0.4, 0.5) is 11.4 Å². The van der Waals surface area contributed by atoms with Crippen LogP contribution in [-0.4, -0.2) is 38.0 Å². The number of carbonyl (C=O) groups is 3. The maximum absolute atomic E-state index is 12.7. The average molecular weight is 502 g/mol. The summed E-state index contributed by atoms with van der Waals surface area (Å²) >= 11 is 0. The monoisotopic (exact) mass is 501 g/mol. The first-order valence-corrected chi connectivity index (χ1v) is 12.1. The number of aryl methyl sites for hydroxylation is 1. The summed E-state index contributed by atoms with van der Waals surface area (Å²) in [4.78, 5) is 39.2. The number of rotatable bonds is 9. The highest BCUT2D eigenvalue weighted by Gasteiger charge is 2.35. The molecule has 1 atom stereocenters. The van der Waals surface area contributed by atoms with Crippen molar-refractivity contribution < 1.29 is 23.9 Å². The van der Waals surface area contributed by atoms with E-state index in [1.807, 2.05) is 56.3 Å². The van der Waals surface area contributed by atoms with Crippen LogP contribution >= 0.6 is 0 Å². The molecular formula is C29H31N3O5. The van der Waals surface area contributed by atoms with E-state index in [1.54, 1.807) is 36.3 Å². The van der Waals surface area contributed by atoms with E-state index in [-0.39, 0.29) is 30.7 Å².